The molecule has 28 heavy (non-hydrogen) atoms. The van der Waals surface area contributed by atoms with Gasteiger partial charge in [0, 0.05) is 17.2 Å². The van der Waals surface area contributed by atoms with Gasteiger partial charge in [-0.3, -0.25) is 0 Å². The van der Waals surface area contributed by atoms with Crippen LogP contribution in [0.3, 0.4) is 0 Å². The Morgan fingerprint density at radius 1 is 0.857 bits per heavy atom. The Morgan fingerprint density at radius 3 is 2.32 bits per heavy atom. The normalized spacial score (nSPS) is 10.6. The first-order valence-corrected chi connectivity index (χ1v) is 9.12. The number of nitrogens with zero attached hydrogens (tertiary/aromatic N) is 1. The highest BCUT2D eigenvalue weighted by Crippen LogP contribution is 2.31. The van der Waals surface area contributed by atoms with Gasteiger partial charge in [-0.15, -0.1) is 0 Å². The molecule has 0 N–H and O–H groups in total. The van der Waals surface area contributed by atoms with Crippen molar-refractivity contribution in [3.05, 3.63) is 90.2 Å². The first kappa shape index (κ1) is 17.9. The standard InChI is InChI=1S/C24H21NO3/c1-17-7-9-19(10-8-17)23-15-21(28-25-23)16-27-24-6-4-3-5-22(24)18-11-13-20(26-2)14-12-18/h3-15H,16H2,1-2H3. The molecule has 0 atom stereocenters. The molecule has 140 valence electrons. The van der Waals surface area contributed by atoms with E-state index in [1.165, 1.54) is 5.56 Å². The van der Waals surface area contributed by atoms with Crippen molar-refractivity contribution in [2.24, 2.45) is 0 Å². The van der Waals surface area contributed by atoms with Gasteiger partial charge in [-0.1, -0.05) is 65.3 Å². The fraction of sp³-hybridized carbons (Fsp3) is 0.125. The van der Waals surface area contributed by atoms with Crippen molar-refractivity contribution in [1.82, 2.24) is 5.16 Å². The molecule has 0 amide bonds. The highest BCUT2D eigenvalue weighted by Gasteiger charge is 2.10. The molecule has 0 saturated carbocycles. The highest BCUT2D eigenvalue weighted by molar-refractivity contribution is 5.70. The van der Waals surface area contributed by atoms with Crippen LogP contribution < -0.4 is 9.47 Å². The second-order valence-corrected chi connectivity index (χ2v) is 6.56. The maximum Gasteiger partial charge on any atom is 0.174 e. The second-order valence-electron chi connectivity index (χ2n) is 6.56. The summed E-state index contributed by atoms with van der Waals surface area (Å²) in [6.45, 7) is 2.37. The lowest BCUT2D eigenvalue weighted by molar-refractivity contribution is 0.250. The van der Waals surface area contributed by atoms with Gasteiger partial charge >= 0.3 is 0 Å². The molecule has 4 heteroatoms. The van der Waals surface area contributed by atoms with Crippen LogP contribution in [0.2, 0.25) is 0 Å². The van der Waals surface area contributed by atoms with Crippen molar-refractivity contribution < 1.29 is 14.0 Å². The fourth-order valence-electron chi connectivity index (χ4n) is 2.99. The van der Waals surface area contributed by atoms with Gasteiger partial charge in [-0.2, -0.15) is 0 Å². The summed E-state index contributed by atoms with van der Waals surface area (Å²) < 4.78 is 16.7. The third-order valence-electron chi connectivity index (χ3n) is 4.56. The van der Waals surface area contributed by atoms with Crippen molar-refractivity contribution in [3.63, 3.8) is 0 Å². The van der Waals surface area contributed by atoms with Gasteiger partial charge in [-0.25, -0.2) is 0 Å². The zero-order valence-corrected chi connectivity index (χ0v) is 15.9. The molecule has 1 heterocycles. The van der Waals surface area contributed by atoms with Crippen molar-refractivity contribution in [3.8, 4) is 33.9 Å². The number of rotatable bonds is 6. The first-order valence-electron chi connectivity index (χ1n) is 9.12. The highest BCUT2D eigenvalue weighted by atomic mass is 16.5. The smallest absolute Gasteiger partial charge is 0.174 e. The van der Waals surface area contributed by atoms with E-state index >= 15 is 0 Å². The summed E-state index contributed by atoms with van der Waals surface area (Å²) >= 11 is 0. The average molecular weight is 371 g/mol. The van der Waals surface area contributed by atoms with Gasteiger partial charge in [0.2, 0.25) is 0 Å². The Kier molecular flexibility index (Phi) is 5.11. The molecular formula is C24H21NO3. The molecule has 0 aliphatic carbocycles. The van der Waals surface area contributed by atoms with Crippen molar-refractivity contribution in [2.45, 2.75) is 13.5 Å². The first-order chi connectivity index (χ1) is 13.7. The van der Waals surface area contributed by atoms with Crippen LogP contribution in [-0.2, 0) is 6.61 Å². The fourth-order valence-corrected chi connectivity index (χ4v) is 2.99. The van der Waals surface area contributed by atoms with E-state index in [-0.39, 0.29) is 0 Å². The largest absolute Gasteiger partial charge is 0.497 e. The number of para-hydroxylation sites is 1. The van der Waals surface area contributed by atoms with Crippen LogP contribution in [0.4, 0.5) is 0 Å². The Balaban J connectivity index is 1.50. The van der Waals surface area contributed by atoms with E-state index in [0.29, 0.717) is 12.4 Å². The minimum Gasteiger partial charge on any atom is -0.497 e. The average Bonchev–Trinajstić information content (AvgIpc) is 3.22. The zero-order chi connectivity index (χ0) is 19.3. The summed E-state index contributed by atoms with van der Waals surface area (Å²) in [5.41, 5.74) is 5.13. The Hall–Kier alpha value is -3.53. The molecule has 4 aromatic rings. The van der Waals surface area contributed by atoms with Crippen molar-refractivity contribution in [1.29, 1.82) is 0 Å². The SMILES string of the molecule is COc1ccc(-c2ccccc2OCc2cc(-c3ccc(C)cc3)no2)cc1. The van der Waals surface area contributed by atoms with E-state index < -0.39 is 0 Å². The van der Waals surface area contributed by atoms with Gasteiger partial charge in [-0.05, 0) is 30.7 Å². The van der Waals surface area contributed by atoms with Gasteiger partial charge in [0.05, 0.1) is 7.11 Å². The maximum atomic E-state index is 6.04. The van der Waals surface area contributed by atoms with Crippen LogP contribution in [0.25, 0.3) is 22.4 Å². The van der Waals surface area contributed by atoms with Crippen LogP contribution in [0.5, 0.6) is 11.5 Å². The summed E-state index contributed by atoms with van der Waals surface area (Å²) in [6.07, 6.45) is 0. The molecule has 0 fully saturated rings. The summed E-state index contributed by atoms with van der Waals surface area (Å²) in [7, 11) is 1.66. The van der Waals surface area contributed by atoms with Gasteiger partial charge in [0.1, 0.15) is 23.8 Å². The number of ether oxygens (including phenoxy) is 2. The number of methoxy groups -OCH3 is 1. The zero-order valence-electron chi connectivity index (χ0n) is 15.9. The number of hydrogen-bond donors (Lipinski definition) is 0. The molecule has 1 aromatic heterocycles. The van der Waals surface area contributed by atoms with Gasteiger partial charge < -0.3 is 14.0 Å². The summed E-state index contributed by atoms with van der Waals surface area (Å²) in [6, 6.07) is 26.0. The topological polar surface area (TPSA) is 44.5 Å². The van der Waals surface area contributed by atoms with Gasteiger partial charge in [0.15, 0.2) is 5.76 Å². The molecule has 0 spiro atoms. The predicted molar refractivity (Wildman–Crippen MR) is 109 cm³/mol. The molecule has 3 aromatic carbocycles. The van der Waals surface area contributed by atoms with Gasteiger partial charge in [0.25, 0.3) is 0 Å². The van der Waals surface area contributed by atoms with E-state index in [1.807, 2.05) is 66.7 Å². The second kappa shape index (κ2) is 8.01. The van der Waals surface area contributed by atoms with Crippen LogP contribution in [0, 0.1) is 6.92 Å². The molecule has 0 unspecified atom stereocenters. The van der Waals surface area contributed by atoms with Crippen LogP contribution in [0.15, 0.2) is 83.4 Å². The molecule has 4 rings (SSSR count). The maximum absolute atomic E-state index is 6.04. The molecule has 0 radical (unpaired) electrons. The third kappa shape index (κ3) is 3.91. The minimum atomic E-state index is 0.312. The molecule has 0 bridgehead atoms. The van der Waals surface area contributed by atoms with Crippen LogP contribution >= 0.6 is 0 Å². The number of benzene rings is 3. The quantitative estimate of drug-likeness (QED) is 0.423. The van der Waals surface area contributed by atoms with E-state index in [1.54, 1.807) is 7.11 Å². The molecular weight excluding hydrogens is 350 g/mol. The van der Waals surface area contributed by atoms with E-state index in [2.05, 4.69) is 24.2 Å². The number of aryl methyl sites for hydroxylation is 1. The summed E-state index contributed by atoms with van der Waals surface area (Å²) in [5.74, 6) is 2.30. The number of hydrogen-bond acceptors (Lipinski definition) is 4. The third-order valence-corrected chi connectivity index (χ3v) is 4.56. The van der Waals surface area contributed by atoms with Crippen LogP contribution in [0.1, 0.15) is 11.3 Å². The minimum absolute atomic E-state index is 0.312. The molecule has 0 aliphatic heterocycles. The summed E-state index contributed by atoms with van der Waals surface area (Å²) in [5, 5.41) is 4.16. The molecule has 4 nitrogen and oxygen atoms in total. The predicted octanol–water partition coefficient (Wildman–Crippen LogP) is 5.90. The molecule has 0 aliphatic rings. The Morgan fingerprint density at radius 2 is 1.57 bits per heavy atom. The lowest BCUT2D eigenvalue weighted by atomic mass is 10.0. The van der Waals surface area contributed by atoms with Crippen LogP contribution in [-0.4, -0.2) is 12.3 Å². The van der Waals surface area contributed by atoms with Crippen molar-refractivity contribution in [2.75, 3.05) is 7.11 Å². The Bertz CT molecular complexity index is 1050. The molecule has 0 saturated heterocycles. The Labute approximate surface area is 164 Å². The van der Waals surface area contributed by atoms with E-state index in [9.17, 15) is 0 Å². The lowest BCUT2D eigenvalue weighted by Gasteiger charge is -2.11. The number of aromatic nitrogens is 1. The lowest BCUT2D eigenvalue weighted by Crippen LogP contribution is -1.95. The van der Waals surface area contributed by atoms with E-state index in [4.69, 9.17) is 14.0 Å². The van der Waals surface area contributed by atoms with Crippen molar-refractivity contribution >= 4 is 0 Å². The summed E-state index contributed by atoms with van der Waals surface area (Å²) in [4.78, 5) is 0. The van der Waals surface area contributed by atoms with E-state index in [0.717, 1.165) is 33.9 Å². The monoisotopic (exact) mass is 371 g/mol.